The van der Waals surface area contributed by atoms with E-state index in [1.807, 2.05) is 0 Å². The molecule has 8 nitrogen and oxygen atoms in total. The van der Waals surface area contributed by atoms with E-state index in [1.54, 1.807) is 24.3 Å². The van der Waals surface area contributed by atoms with Gasteiger partial charge in [0.05, 0.1) is 16.1 Å². The minimum Gasteiger partial charge on any atom is -0.478 e. The highest BCUT2D eigenvalue weighted by molar-refractivity contribution is 7.92. The minimum atomic E-state index is -4.66. The zero-order valence-corrected chi connectivity index (χ0v) is 21.7. The number of carboxylic acid groups (broad SMARTS) is 1. The molecule has 0 aliphatic carbocycles. The number of carbonyl (C=O) groups is 2. The van der Waals surface area contributed by atoms with Crippen LogP contribution in [0, 0.1) is 0 Å². The lowest BCUT2D eigenvalue weighted by molar-refractivity contribution is -0.137. The van der Waals surface area contributed by atoms with Crippen LogP contribution in [0.5, 0.6) is 0 Å². The molecule has 206 valence electrons. The quantitative estimate of drug-likeness (QED) is 0.304. The summed E-state index contributed by atoms with van der Waals surface area (Å²) in [5, 5.41) is 11.5. The number of nitrogens with one attached hydrogen (secondary N) is 1. The molecule has 13 heteroatoms. The molecule has 3 rings (SSSR count). The van der Waals surface area contributed by atoms with Crippen LogP contribution < -0.4 is 15.4 Å². The molecule has 0 saturated carbocycles. The molecule has 4 N–H and O–H groups in total. The Hall–Kier alpha value is -3.87. The zero-order valence-electron chi connectivity index (χ0n) is 20.2. The second kappa shape index (κ2) is 12.3. The third-order valence-electron chi connectivity index (χ3n) is 5.48. The summed E-state index contributed by atoms with van der Waals surface area (Å²) in [7, 11) is -4.54. The largest absolute Gasteiger partial charge is 0.478 e. The van der Waals surface area contributed by atoms with Gasteiger partial charge in [-0.15, -0.1) is 0 Å². The SMILES string of the molecule is NCc1c(Cl)cccc1N(CC(=O)NCc1cccc(/C=C/C(=O)O)c1)S(=O)(=O)c1ccc(C(F)(F)F)cc1. The number of nitrogens with two attached hydrogens (primary N) is 1. The normalized spacial score (nSPS) is 11.9. The van der Waals surface area contributed by atoms with Gasteiger partial charge in [-0.2, -0.15) is 13.2 Å². The van der Waals surface area contributed by atoms with Gasteiger partial charge in [0.2, 0.25) is 5.91 Å². The maximum Gasteiger partial charge on any atom is 0.416 e. The van der Waals surface area contributed by atoms with Gasteiger partial charge in [0.15, 0.2) is 0 Å². The fourth-order valence-corrected chi connectivity index (χ4v) is 5.29. The fourth-order valence-electron chi connectivity index (χ4n) is 3.59. The van der Waals surface area contributed by atoms with Crippen molar-refractivity contribution in [1.82, 2.24) is 5.32 Å². The molecule has 0 saturated heterocycles. The highest BCUT2D eigenvalue weighted by Crippen LogP contribution is 2.33. The maximum absolute atomic E-state index is 13.6. The third-order valence-corrected chi connectivity index (χ3v) is 7.61. The summed E-state index contributed by atoms with van der Waals surface area (Å²) >= 11 is 6.21. The van der Waals surface area contributed by atoms with Crippen molar-refractivity contribution >= 4 is 45.3 Å². The molecule has 0 atom stereocenters. The molecule has 3 aromatic rings. The molecule has 3 aromatic carbocycles. The maximum atomic E-state index is 13.6. The minimum absolute atomic E-state index is 0.000790. The van der Waals surface area contributed by atoms with Gasteiger partial charge in [0.25, 0.3) is 10.0 Å². The summed E-state index contributed by atoms with van der Waals surface area (Å²) in [6.45, 7) is -0.914. The molecule has 39 heavy (non-hydrogen) atoms. The van der Waals surface area contributed by atoms with Crippen LogP contribution in [0.1, 0.15) is 22.3 Å². The average molecular weight is 582 g/mol. The Morgan fingerprint density at radius 2 is 1.72 bits per heavy atom. The lowest BCUT2D eigenvalue weighted by Gasteiger charge is -2.26. The molecule has 0 unspecified atom stereocenters. The number of rotatable bonds is 10. The van der Waals surface area contributed by atoms with Crippen molar-refractivity contribution in [3.8, 4) is 0 Å². The van der Waals surface area contributed by atoms with E-state index in [0.717, 1.165) is 22.5 Å². The smallest absolute Gasteiger partial charge is 0.416 e. The van der Waals surface area contributed by atoms with E-state index >= 15 is 0 Å². The molecule has 0 fully saturated rings. The van der Waals surface area contributed by atoms with E-state index in [0.29, 0.717) is 23.3 Å². The van der Waals surface area contributed by atoms with Gasteiger partial charge in [-0.25, -0.2) is 13.2 Å². The first-order valence-electron chi connectivity index (χ1n) is 11.3. The number of alkyl halides is 3. The van der Waals surface area contributed by atoms with Crippen LogP contribution in [0.4, 0.5) is 18.9 Å². The Balaban J connectivity index is 1.91. The second-order valence-electron chi connectivity index (χ2n) is 8.17. The van der Waals surface area contributed by atoms with Gasteiger partial charge in [-0.1, -0.05) is 35.9 Å². The van der Waals surface area contributed by atoms with Crippen LogP contribution in [0.2, 0.25) is 5.02 Å². The zero-order chi connectivity index (χ0) is 28.8. The Kier molecular flexibility index (Phi) is 9.38. The van der Waals surface area contributed by atoms with E-state index in [1.165, 1.54) is 24.3 Å². The summed E-state index contributed by atoms with van der Waals surface area (Å²) in [6, 6.07) is 13.9. The number of hydrogen-bond acceptors (Lipinski definition) is 5. The Labute approximate surface area is 227 Å². The number of amides is 1. The second-order valence-corrected chi connectivity index (χ2v) is 10.4. The number of nitrogens with zero attached hydrogens (tertiary/aromatic N) is 1. The molecule has 0 bridgehead atoms. The van der Waals surface area contributed by atoms with Crippen LogP contribution >= 0.6 is 11.6 Å². The first kappa shape index (κ1) is 29.7. The first-order valence-corrected chi connectivity index (χ1v) is 13.1. The molecule has 0 aliphatic heterocycles. The van der Waals surface area contributed by atoms with E-state index < -0.39 is 45.1 Å². The Morgan fingerprint density at radius 1 is 1.05 bits per heavy atom. The highest BCUT2D eigenvalue weighted by atomic mass is 35.5. The standard InChI is InChI=1S/C26H23ClF3N3O5S/c27-22-5-2-6-23(21(22)14-31)33(39(37,38)20-10-8-19(9-11-20)26(28,29)30)16-24(34)32-15-18-4-1-3-17(13-18)7-12-25(35)36/h1-13H,14-16,31H2,(H,32,34)(H,35,36)/b12-7+. The van der Waals surface area contributed by atoms with Crippen LogP contribution in [-0.2, 0) is 38.9 Å². The van der Waals surface area contributed by atoms with Crippen LogP contribution in [0.25, 0.3) is 6.08 Å². The van der Waals surface area contributed by atoms with Gasteiger partial charge in [-0.05, 0) is 59.7 Å². The van der Waals surface area contributed by atoms with Crippen LogP contribution in [0.15, 0.2) is 77.7 Å². The molecular formula is C26H23ClF3N3O5S. The van der Waals surface area contributed by atoms with E-state index in [4.69, 9.17) is 22.4 Å². The molecule has 1 amide bonds. The van der Waals surface area contributed by atoms with E-state index in [2.05, 4.69) is 5.32 Å². The number of halogens is 4. The van der Waals surface area contributed by atoms with Gasteiger partial charge in [0, 0.05) is 29.8 Å². The predicted molar refractivity (Wildman–Crippen MR) is 140 cm³/mol. The molecule has 0 heterocycles. The van der Waals surface area contributed by atoms with Crippen LogP contribution in [0.3, 0.4) is 0 Å². The summed E-state index contributed by atoms with van der Waals surface area (Å²) in [4.78, 5) is 23.2. The molecule has 0 aromatic heterocycles. The molecule has 0 spiro atoms. The van der Waals surface area contributed by atoms with Gasteiger partial charge in [-0.3, -0.25) is 9.10 Å². The van der Waals surface area contributed by atoms with Crippen molar-refractivity contribution in [2.24, 2.45) is 5.73 Å². The third kappa shape index (κ3) is 7.59. The van der Waals surface area contributed by atoms with Gasteiger partial charge >= 0.3 is 12.1 Å². The lowest BCUT2D eigenvalue weighted by atomic mass is 10.1. The van der Waals surface area contributed by atoms with Crippen molar-refractivity contribution in [1.29, 1.82) is 0 Å². The number of sulfonamides is 1. The molecular weight excluding hydrogens is 559 g/mol. The average Bonchev–Trinajstić information content (AvgIpc) is 2.89. The monoisotopic (exact) mass is 581 g/mol. The fraction of sp³-hybridized carbons (Fsp3) is 0.154. The van der Waals surface area contributed by atoms with Gasteiger partial charge < -0.3 is 16.2 Å². The number of hydrogen-bond donors (Lipinski definition) is 3. The Bertz CT molecular complexity index is 1490. The summed E-state index contributed by atoms with van der Waals surface area (Å²) in [5.74, 6) is -1.85. The molecule has 0 aliphatic rings. The number of anilines is 1. The summed E-state index contributed by atoms with van der Waals surface area (Å²) < 4.78 is 66.9. The highest BCUT2D eigenvalue weighted by Gasteiger charge is 2.33. The van der Waals surface area contributed by atoms with E-state index in [9.17, 15) is 31.2 Å². The summed E-state index contributed by atoms with van der Waals surface area (Å²) in [6.07, 6.45) is -2.33. The van der Waals surface area contributed by atoms with Crippen molar-refractivity contribution in [3.05, 3.63) is 100 Å². The lowest BCUT2D eigenvalue weighted by Crippen LogP contribution is -2.41. The van der Waals surface area contributed by atoms with Crippen molar-refractivity contribution < 1.29 is 36.3 Å². The first-order chi connectivity index (χ1) is 18.3. The number of aliphatic carboxylic acids is 1. The predicted octanol–water partition coefficient (Wildman–Crippen LogP) is 4.43. The Morgan fingerprint density at radius 3 is 2.33 bits per heavy atom. The number of benzene rings is 3. The number of carboxylic acids is 1. The van der Waals surface area contributed by atoms with Crippen molar-refractivity contribution in [2.45, 2.75) is 24.2 Å². The molecule has 0 radical (unpaired) electrons. The number of carbonyl (C=O) groups excluding carboxylic acids is 1. The van der Waals surface area contributed by atoms with Gasteiger partial charge in [0.1, 0.15) is 6.54 Å². The topological polar surface area (TPSA) is 130 Å². The summed E-state index contributed by atoms with van der Waals surface area (Å²) in [5.41, 5.74) is 6.16. The van der Waals surface area contributed by atoms with Crippen molar-refractivity contribution in [2.75, 3.05) is 10.8 Å². The van der Waals surface area contributed by atoms with Crippen molar-refractivity contribution in [3.63, 3.8) is 0 Å². The van der Waals surface area contributed by atoms with E-state index in [-0.39, 0.29) is 29.4 Å². The van der Waals surface area contributed by atoms with Crippen LogP contribution in [-0.4, -0.2) is 31.9 Å².